The van der Waals surface area contributed by atoms with Crippen molar-refractivity contribution in [3.8, 4) is 17.2 Å². The normalized spacial score (nSPS) is 18.3. The van der Waals surface area contributed by atoms with Crippen molar-refractivity contribution in [1.82, 2.24) is 5.16 Å². The van der Waals surface area contributed by atoms with Crippen molar-refractivity contribution in [3.05, 3.63) is 65.0 Å². The second-order valence-electron chi connectivity index (χ2n) is 9.31. The quantitative estimate of drug-likeness (QED) is 0.514. The van der Waals surface area contributed by atoms with Crippen LogP contribution in [0, 0.1) is 13.8 Å². The lowest BCUT2D eigenvalue weighted by Gasteiger charge is -2.20. The molecule has 2 aliphatic rings. The van der Waals surface area contributed by atoms with E-state index in [1.54, 1.807) is 23.1 Å². The zero-order valence-corrected chi connectivity index (χ0v) is 20.0. The number of rotatable bonds is 7. The lowest BCUT2D eigenvalue weighted by atomic mass is 9.97. The van der Waals surface area contributed by atoms with Crippen LogP contribution >= 0.6 is 0 Å². The van der Waals surface area contributed by atoms with Crippen LogP contribution < -0.4 is 20.1 Å². The number of amides is 2. The molecule has 2 amide bonds. The highest BCUT2D eigenvalue weighted by atomic mass is 16.5. The van der Waals surface area contributed by atoms with E-state index in [2.05, 4.69) is 5.16 Å². The fourth-order valence-electron chi connectivity index (χ4n) is 4.88. The van der Waals surface area contributed by atoms with Gasteiger partial charge in [0.05, 0.1) is 6.10 Å². The van der Waals surface area contributed by atoms with Crippen molar-refractivity contribution in [2.24, 2.45) is 5.73 Å². The van der Waals surface area contributed by atoms with Crippen molar-refractivity contribution < 1.29 is 23.6 Å². The molecule has 1 aliphatic heterocycles. The summed E-state index contributed by atoms with van der Waals surface area (Å²) in [6.07, 6.45) is 4.85. The molecule has 8 nitrogen and oxygen atoms in total. The molecule has 0 unspecified atom stereocenters. The molecule has 0 spiro atoms. The van der Waals surface area contributed by atoms with Gasteiger partial charge in [-0.2, -0.15) is 0 Å². The van der Waals surface area contributed by atoms with Gasteiger partial charge in [-0.15, -0.1) is 0 Å². The highest BCUT2D eigenvalue weighted by Gasteiger charge is 2.33. The first-order chi connectivity index (χ1) is 16.9. The highest BCUT2D eigenvalue weighted by molar-refractivity contribution is 5.99. The number of hydrogen-bond acceptors (Lipinski definition) is 6. The van der Waals surface area contributed by atoms with E-state index in [4.69, 9.17) is 19.7 Å². The van der Waals surface area contributed by atoms with Crippen LogP contribution in [0.25, 0.3) is 0 Å². The van der Waals surface area contributed by atoms with E-state index < -0.39 is 5.91 Å². The minimum absolute atomic E-state index is 0.00549. The first-order valence-electron chi connectivity index (χ1n) is 12.0. The Balaban J connectivity index is 1.42. The maximum absolute atomic E-state index is 12.9. The third kappa shape index (κ3) is 4.73. The van der Waals surface area contributed by atoms with Crippen LogP contribution in [0.15, 0.2) is 47.0 Å². The number of anilines is 1. The van der Waals surface area contributed by atoms with Crippen LogP contribution in [0.3, 0.4) is 0 Å². The molecular weight excluding hydrogens is 446 g/mol. The number of nitrogens with zero attached hydrogens (tertiary/aromatic N) is 2. The van der Waals surface area contributed by atoms with Crippen LogP contribution in [-0.2, 0) is 4.79 Å². The third-order valence-corrected chi connectivity index (χ3v) is 6.78. The van der Waals surface area contributed by atoms with Gasteiger partial charge in [0, 0.05) is 37.1 Å². The number of carbonyl (C=O) groups is 2. The summed E-state index contributed by atoms with van der Waals surface area (Å²) in [5.74, 6) is 1.93. The van der Waals surface area contributed by atoms with Gasteiger partial charge in [-0.1, -0.05) is 17.3 Å². The summed E-state index contributed by atoms with van der Waals surface area (Å²) in [5.41, 5.74) is 8.16. The van der Waals surface area contributed by atoms with Gasteiger partial charge in [-0.05, 0) is 68.5 Å². The van der Waals surface area contributed by atoms with E-state index in [1.165, 1.54) is 0 Å². The summed E-state index contributed by atoms with van der Waals surface area (Å²) in [6.45, 7) is 4.16. The predicted molar refractivity (Wildman–Crippen MR) is 130 cm³/mol. The standard InChI is InChI=1S/C27H29N3O5/c1-16-26(17(2)35-29-16)34-23-11-10-18(13-24(23)33-22-8-3-4-9-22)20-14-25(31)30(15-20)21-7-5-6-19(12-21)27(28)32/h5-7,10-13,20,22H,3-4,8-9,14-15H2,1-2H3,(H2,28,32)/t20-/m1/s1. The molecule has 2 fully saturated rings. The number of ether oxygens (including phenoxy) is 2. The van der Waals surface area contributed by atoms with E-state index in [0.717, 1.165) is 31.2 Å². The fraction of sp³-hybridized carbons (Fsp3) is 0.370. The molecule has 2 N–H and O–H groups in total. The van der Waals surface area contributed by atoms with E-state index in [-0.39, 0.29) is 17.9 Å². The maximum atomic E-state index is 12.9. The van der Waals surface area contributed by atoms with Gasteiger partial charge in [0.1, 0.15) is 5.69 Å². The number of aromatic nitrogens is 1. The molecule has 3 aromatic rings. The van der Waals surface area contributed by atoms with Crippen LogP contribution in [0.1, 0.15) is 65.4 Å². The SMILES string of the molecule is Cc1noc(C)c1Oc1ccc([C@@H]2CC(=O)N(c3cccc(C(N)=O)c3)C2)cc1OC1CCCC1. The van der Waals surface area contributed by atoms with Gasteiger partial charge in [0.25, 0.3) is 0 Å². The van der Waals surface area contributed by atoms with Gasteiger partial charge in [0.2, 0.25) is 11.8 Å². The summed E-state index contributed by atoms with van der Waals surface area (Å²) in [6, 6.07) is 12.7. The molecule has 0 radical (unpaired) electrons. The number of nitrogens with two attached hydrogens (primary N) is 1. The van der Waals surface area contributed by atoms with Crippen molar-refractivity contribution >= 4 is 17.5 Å². The lowest BCUT2D eigenvalue weighted by molar-refractivity contribution is -0.117. The molecule has 1 saturated heterocycles. The Kier molecular flexibility index (Phi) is 6.19. The summed E-state index contributed by atoms with van der Waals surface area (Å²) in [4.78, 5) is 26.2. The van der Waals surface area contributed by atoms with Crippen molar-refractivity contribution in [3.63, 3.8) is 0 Å². The molecule has 8 heteroatoms. The van der Waals surface area contributed by atoms with Crippen LogP contribution in [0.5, 0.6) is 17.2 Å². The lowest BCUT2D eigenvalue weighted by Crippen LogP contribution is -2.24. The Morgan fingerprint density at radius 1 is 1.11 bits per heavy atom. The molecule has 1 aliphatic carbocycles. The Morgan fingerprint density at radius 2 is 1.91 bits per heavy atom. The number of hydrogen-bond donors (Lipinski definition) is 1. The molecule has 35 heavy (non-hydrogen) atoms. The Morgan fingerprint density at radius 3 is 2.63 bits per heavy atom. The molecule has 1 saturated carbocycles. The maximum Gasteiger partial charge on any atom is 0.248 e. The minimum Gasteiger partial charge on any atom is -0.487 e. The predicted octanol–water partition coefficient (Wildman–Crippen LogP) is 5.02. The van der Waals surface area contributed by atoms with Gasteiger partial charge in [-0.25, -0.2) is 0 Å². The summed E-state index contributed by atoms with van der Waals surface area (Å²) >= 11 is 0. The Hall–Kier alpha value is -3.81. The summed E-state index contributed by atoms with van der Waals surface area (Å²) in [5, 5.41) is 3.98. The van der Waals surface area contributed by atoms with E-state index >= 15 is 0 Å². The van der Waals surface area contributed by atoms with Gasteiger partial charge >= 0.3 is 0 Å². The van der Waals surface area contributed by atoms with Crippen LogP contribution in [0.4, 0.5) is 5.69 Å². The topological polar surface area (TPSA) is 108 Å². The molecule has 5 rings (SSSR count). The van der Waals surface area contributed by atoms with E-state index in [0.29, 0.717) is 52.9 Å². The van der Waals surface area contributed by atoms with Gasteiger partial charge < -0.3 is 24.6 Å². The number of benzene rings is 2. The third-order valence-electron chi connectivity index (χ3n) is 6.78. The number of carbonyl (C=O) groups excluding carboxylic acids is 2. The zero-order chi connectivity index (χ0) is 24.5. The molecule has 1 aromatic heterocycles. The first-order valence-corrected chi connectivity index (χ1v) is 12.0. The van der Waals surface area contributed by atoms with Crippen molar-refractivity contribution in [1.29, 1.82) is 0 Å². The second kappa shape index (κ2) is 9.44. The van der Waals surface area contributed by atoms with Gasteiger partial charge in [-0.3, -0.25) is 9.59 Å². The minimum atomic E-state index is -0.516. The molecule has 0 bridgehead atoms. The number of aryl methyl sites for hydroxylation is 2. The Bertz CT molecular complexity index is 1240. The van der Waals surface area contributed by atoms with E-state index in [1.807, 2.05) is 38.1 Å². The summed E-state index contributed by atoms with van der Waals surface area (Å²) in [7, 11) is 0. The van der Waals surface area contributed by atoms with Gasteiger partial charge in [0.15, 0.2) is 23.0 Å². The molecule has 182 valence electrons. The molecule has 2 heterocycles. The smallest absolute Gasteiger partial charge is 0.248 e. The highest BCUT2D eigenvalue weighted by Crippen LogP contribution is 2.41. The summed E-state index contributed by atoms with van der Waals surface area (Å²) < 4.78 is 17.8. The van der Waals surface area contributed by atoms with E-state index in [9.17, 15) is 9.59 Å². The van der Waals surface area contributed by atoms with Crippen molar-refractivity contribution in [2.45, 2.75) is 58.0 Å². The molecular formula is C27H29N3O5. The van der Waals surface area contributed by atoms with Crippen molar-refractivity contribution in [2.75, 3.05) is 11.4 Å². The average Bonchev–Trinajstić information content (AvgIpc) is 3.57. The van der Waals surface area contributed by atoms with Crippen LogP contribution in [0.2, 0.25) is 0 Å². The molecule has 1 atom stereocenters. The Labute approximate surface area is 204 Å². The largest absolute Gasteiger partial charge is 0.487 e. The fourth-order valence-corrected chi connectivity index (χ4v) is 4.88. The number of primary amides is 1. The first kappa shape index (κ1) is 23.0. The van der Waals surface area contributed by atoms with Crippen LogP contribution in [-0.4, -0.2) is 29.6 Å². The second-order valence-corrected chi connectivity index (χ2v) is 9.31. The monoisotopic (exact) mass is 475 g/mol. The molecule has 2 aromatic carbocycles. The zero-order valence-electron chi connectivity index (χ0n) is 20.0. The average molecular weight is 476 g/mol.